The van der Waals surface area contributed by atoms with Crippen LogP contribution in [-0.4, -0.2) is 53.7 Å². The van der Waals surface area contributed by atoms with E-state index < -0.39 is 0 Å². The largest absolute Gasteiger partial charge is 0.343 e. The molecule has 0 aromatic heterocycles. The van der Waals surface area contributed by atoms with E-state index >= 15 is 0 Å². The average Bonchev–Trinajstić information content (AvgIpc) is 2.62. The Kier molecular flexibility index (Phi) is 5.57. The second-order valence-electron chi connectivity index (χ2n) is 6.94. The normalized spacial score (nSPS) is 23.2. The van der Waals surface area contributed by atoms with Crippen LogP contribution in [0.4, 0.5) is 0 Å². The molecule has 3 rings (SSSR count). The number of carbonyl (C=O) groups excluding carboxylic acids is 2. The Bertz CT molecular complexity index is 594. The molecule has 2 aliphatic heterocycles. The highest BCUT2D eigenvalue weighted by Gasteiger charge is 2.32. The molecule has 1 aromatic rings. The van der Waals surface area contributed by atoms with E-state index in [4.69, 9.17) is 11.6 Å². The van der Waals surface area contributed by atoms with Gasteiger partial charge in [0.15, 0.2) is 5.78 Å². The number of amides is 1. The van der Waals surface area contributed by atoms with Crippen LogP contribution < -0.4 is 0 Å². The Hall–Kier alpha value is -1.39. The zero-order valence-corrected chi connectivity index (χ0v) is 15.0. The van der Waals surface area contributed by atoms with Crippen LogP contribution in [0.3, 0.4) is 0 Å². The minimum atomic E-state index is 0.0748. The van der Waals surface area contributed by atoms with Crippen LogP contribution in [0.25, 0.3) is 0 Å². The average molecular weight is 349 g/mol. The smallest absolute Gasteiger partial charge is 0.219 e. The van der Waals surface area contributed by atoms with E-state index in [-0.39, 0.29) is 17.6 Å². The van der Waals surface area contributed by atoms with Gasteiger partial charge in [0.25, 0.3) is 0 Å². The SMILES string of the molecule is CC(=O)N1CCC(N2CCC[C@H](C(=O)c3ccc(Cl)cc3)C2)CC1. The van der Waals surface area contributed by atoms with Crippen LogP contribution in [0.5, 0.6) is 0 Å². The summed E-state index contributed by atoms with van der Waals surface area (Å²) in [5, 5.41) is 0.661. The van der Waals surface area contributed by atoms with Crippen molar-refractivity contribution in [2.75, 3.05) is 26.2 Å². The number of piperidine rings is 2. The van der Waals surface area contributed by atoms with Crippen molar-refractivity contribution in [3.05, 3.63) is 34.9 Å². The third kappa shape index (κ3) is 3.98. The zero-order valence-electron chi connectivity index (χ0n) is 14.2. The summed E-state index contributed by atoms with van der Waals surface area (Å²) in [6, 6.07) is 7.73. The van der Waals surface area contributed by atoms with Gasteiger partial charge in [0, 0.05) is 49.1 Å². The fourth-order valence-electron chi connectivity index (χ4n) is 3.95. The van der Waals surface area contributed by atoms with Crippen molar-refractivity contribution in [3.8, 4) is 0 Å². The van der Waals surface area contributed by atoms with Crippen LogP contribution >= 0.6 is 11.6 Å². The molecule has 0 unspecified atom stereocenters. The van der Waals surface area contributed by atoms with Gasteiger partial charge in [-0.2, -0.15) is 0 Å². The maximum absolute atomic E-state index is 12.8. The number of nitrogens with zero attached hydrogens (tertiary/aromatic N) is 2. The van der Waals surface area contributed by atoms with E-state index in [1.54, 1.807) is 19.1 Å². The second kappa shape index (κ2) is 7.66. The summed E-state index contributed by atoms with van der Waals surface area (Å²) in [7, 11) is 0. The van der Waals surface area contributed by atoms with Gasteiger partial charge in [0.05, 0.1) is 0 Å². The van der Waals surface area contributed by atoms with Crippen molar-refractivity contribution >= 4 is 23.3 Å². The molecule has 0 bridgehead atoms. The minimum Gasteiger partial charge on any atom is -0.343 e. The number of Topliss-reactive ketones (excluding diaryl/α,β-unsaturated/α-hetero) is 1. The van der Waals surface area contributed by atoms with Gasteiger partial charge in [0.2, 0.25) is 5.91 Å². The van der Waals surface area contributed by atoms with E-state index in [1.165, 1.54) is 0 Å². The van der Waals surface area contributed by atoms with Gasteiger partial charge < -0.3 is 4.90 Å². The summed E-state index contributed by atoms with van der Waals surface area (Å²) in [5.74, 6) is 0.478. The lowest BCUT2D eigenvalue weighted by Crippen LogP contribution is -2.50. The number of hydrogen-bond acceptors (Lipinski definition) is 3. The van der Waals surface area contributed by atoms with Crippen molar-refractivity contribution in [3.63, 3.8) is 0 Å². The van der Waals surface area contributed by atoms with Crippen molar-refractivity contribution in [1.29, 1.82) is 0 Å². The van der Waals surface area contributed by atoms with Crippen LogP contribution in [0.1, 0.15) is 43.0 Å². The number of likely N-dealkylation sites (tertiary alicyclic amines) is 2. The maximum Gasteiger partial charge on any atom is 0.219 e. The standard InChI is InChI=1S/C19H25ClN2O2/c1-14(23)21-11-8-18(9-12-21)22-10-2-3-16(13-22)19(24)15-4-6-17(20)7-5-15/h4-7,16,18H,2-3,8-13H2,1H3/t16-/m0/s1. The fraction of sp³-hybridized carbons (Fsp3) is 0.579. The Morgan fingerprint density at radius 2 is 1.71 bits per heavy atom. The van der Waals surface area contributed by atoms with E-state index in [1.807, 2.05) is 17.0 Å². The fourth-order valence-corrected chi connectivity index (χ4v) is 4.07. The van der Waals surface area contributed by atoms with Crippen LogP contribution in [0.15, 0.2) is 24.3 Å². The molecule has 2 fully saturated rings. The molecular formula is C19H25ClN2O2. The van der Waals surface area contributed by atoms with E-state index in [9.17, 15) is 9.59 Å². The Morgan fingerprint density at radius 1 is 1.04 bits per heavy atom. The predicted molar refractivity (Wildman–Crippen MR) is 95.4 cm³/mol. The number of benzene rings is 1. The highest BCUT2D eigenvalue weighted by atomic mass is 35.5. The van der Waals surface area contributed by atoms with Crippen molar-refractivity contribution in [2.24, 2.45) is 5.92 Å². The second-order valence-corrected chi connectivity index (χ2v) is 7.38. The molecule has 0 radical (unpaired) electrons. The number of hydrogen-bond donors (Lipinski definition) is 0. The summed E-state index contributed by atoms with van der Waals surface area (Å²) < 4.78 is 0. The number of halogens is 1. The van der Waals surface area contributed by atoms with Crippen LogP contribution in [0, 0.1) is 5.92 Å². The van der Waals surface area contributed by atoms with E-state index in [2.05, 4.69) is 4.90 Å². The molecule has 4 nitrogen and oxygen atoms in total. The molecule has 2 saturated heterocycles. The molecule has 130 valence electrons. The monoisotopic (exact) mass is 348 g/mol. The van der Waals surface area contributed by atoms with Crippen LogP contribution in [-0.2, 0) is 4.79 Å². The summed E-state index contributed by atoms with van der Waals surface area (Å²) in [4.78, 5) is 28.6. The summed E-state index contributed by atoms with van der Waals surface area (Å²) in [5.41, 5.74) is 0.762. The van der Waals surface area contributed by atoms with Gasteiger partial charge in [-0.15, -0.1) is 0 Å². The third-order valence-electron chi connectivity index (χ3n) is 5.38. The lowest BCUT2D eigenvalue weighted by atomic mass is 9.88. The zero-order chi connectivity index (χ0) is 17.1. The molecular weight excluding hydrogens is 324 g/mol. The molecule has 0 saturated carbocycles. The Balaban J connectivity index is 1.59. The van der Waals surface area contributed by atoms with Gasteiger partial charge in [0.1, 0.15) is 0 Å². The molecule has 24 heavy (non-hydrogen) atoms. The maximum atomic E-state index is 12.8. The van der Waals surface area contributed by atoms with Gasteiger partial charge in [-0.1, -0.05) is 11.6 Å². The molecule has 1 amide bonds. The summed E-state index contributed by atoms with van der Waals surface area (Å²) in [6.07, 6.45) is 4.06. The minimum absolute atomic E-state index is 0.0748. The Morgan fingerprint density at radius 3 is 2.33 bits per heavy atom. The van der Waals surface area contributed by atoms with E-state index in [0.29, 0.717) is 11.1 Å². The molecule has 0 spiro atoms. The van der Waals surface area contributed by atoms with Gasteiger partial charge >= 0.3 is 0 Å². The van der Waals surface area contributed by atoms with Crippen molar-refractivity contribution in [2.45, 2.75) is 38.6 Å². The van der Waals surface area contributed by atoms with Crippen LogP contribution in [0.2, 0.25) is 5.02 Å². The van der Waals surface area contributed by atoms with Gasteiger partial charge in [-0.25, -0.2) is 0 Å². The van der Waals surface area contributed by atoms with Gasteiger partial charge in [-0.3, -0.25) is 14.5 Å². The molecule has 5 heteroatoms. The first kappa shape index (κ1) is 17.4. The molecule has 1 atom stereocenters. The first-order valence-electron chi connectivity index (χ1n) is 8.84. The molecule has 2 heterocycles. The van der Waals surface area contributed by atoms with Gasteiger partial charge in [-0.05, 0) is 56.5 Å². The number of carbonyl (C=O) groups is 2. The van der Waals surface area contributed by atoms with Crippen molar-refractivity contribution in [1.82, 2.24) is 9.80 Å². The topological polar surface area (TPSA) is 40.6 Å². The molecule has 2 aliphatic rings. The highest BCUT2D eigenvalue weighted by Crippen LogP contribution is 2.26. The lowest BCUT2D eigenvalue weighted by molar-refractivity contribution is -0.130. The number of rotatable bonds is 3. The summed E-state index contributed by atoms with van der Waals surface area (Å²) in [6.45, 7) is 5.22. The third-order valence-corrected chi connectivity index (χ3v) is 5.63. The molecule has 0 aliphatic carbocycles. The molecule has 0 N–H and O–H groups in total. The predicted octanol–water partition coefficient (Wildman–Crippen LogP) is 3.25. The Labute approximate surface area is 148 Å². The first-order chi connectivity index (χ1) is 11.5. The quantitative estimate of drug-likeness (QED) is 0.787. The summed E-state index contributed by atoms with van der Waals surface area (Å²) >= 11 is 5.91. The van der Waals surface area contributed by atoms with Crippen molar-refractivity contribution < 1.29 is 9.59 Å². The van der Waals surface area contributed by atoms with E-state index in [0.717, 1.165) is 57.4 Å². The first-order valence-corrected chi connectivity index (χ1v) is 9.21. The number of ketones is 1. The molecule has 1 aromatic carbocycles. The lowest BCUT2D eigenvalue weighted by Gasteiger charge is -2.41. The highest BCUT2D eigenvalue weighted by molar-refractivity contribution is 6.30.